The summed E-state index contributed by atoms with van der Waals surface area (Å²) < 4.78 is 0. The molecule has 5 heteroatoms. The van der Waals surface area contributed by atoms with Crippen LogP contribution in [-0.2, 0) is 5.75 Å². The smallest absolute Gasteiger partial charge is 0.256 e. The molecule has 126 valence electrons. The summed E-state index contributed by atoms with van der Waals surface area (Å²) in [5.41, 5.74) is 2.37. The van der Waals surface area contributed by atoms with E-state index in [-0.39, 0.29) is 5.91 Å². The monoisotopic (exact) mass is 387 g/mol. The summed E-state index contributed by atoms with van der Waals surface area (Å²) in [5, 5.41) is 3.79. The number of thioether (sulfide) groups is 1. The molecule has 3 rings (SSSR count). The Kier molecular flexibility index (Phi) is 6.03. The van der Waals surface area contributed by atoms with Crippen molar-refractivity contribution in [2.75, 3.05) is 5.32 Å². The van der Waals surface area contributed by atoms with Gasteiger partial charge in [0.25, 0.3) is 5.91 Å². The van der Waals surface area contributed by atoms with Gasteiger partial charge in [-0.3, -0.25) is 4.79 Å². The average Bonchev–Trinajstić information content (AvgIpc) is 2.63. The number of benzene rings is 3. The molecule has 0 aliphatic rings. The van der Waals surface area contributed by atoms with Gasteiger partial charge < -0.3 is 5.32 Å². The Bertz CT molecular complexity index is 884. The molecule has 3 aromatic carbocycles. The minimum absolute atomic E-state index is 0.194. The van der Waals surface area contributed by atoms with Crippen molar-refractivity contribution < 1.29 is 4.79 Å². The molecule has 0 heterocycles. The largest absolute Gasteiger partial charge is 0.321 e. The first kappa shape index (κ1) is 17.9. The zero-order valence-electron chi connectivity index (χ0n) is 13.2. The number of carbonyl (C=O) groups is 1. The fourth-order valence-electron chi connectivity index (χ4n) is 2.30. The summed E-state index contributed by atoms with van der Waals surface area (Å²) in [7, 11) is 0. The number of carbonyl (C=O) groups excluding carboxylic acids is 1. The van der Waals surface area contributed by atoms with Gasteiger partial charge >= 0.3 is 0 Å². The van der Waals surface area contributed by atoms with E-state index < -0.39 is 0 Å². The van der Waals surface area contributed by atoms with E-state index in [0.29, 0.717) is 21.3 Å². The van der Waals surface area contributed by atoms with E-state index in [4.69, 9.17) is 23.2 Å². The van der Waals surface area contributed by atoms with Crippen LogP contribution in [0.3, 0.4) is 0 Å². The quantitative estimate of drug-likeness (QED) is 0.503. The predicted molar refractivity (Wildman–Crippen MR) is 107 cm³/mol. The van der Waals surface area contributed by atoms with Crippen LogP contribution in [0, 0.1) is 0 Å². The molecule has 0 aliphatic carbocycles. The SMILES string of the molecule is O=C(Nc1ccc(Cl)cc1Cl)c1ccccc1SCc1ccccc1. The highest BCUT2D eigenvalue weighted by Crippen LogP contribution is 2.29. The number of hydrogen-bond acceptors (Lipinski definition) is 2. The lowest BCUT2D eigenvalue weighted by Crippen LogP contribution is -2.13. The molecule has 0 aromatic heterocycles. The predicted octanol–water partition coefficient (Wildman–Crippen LogP) is 6.54. The summed E-state index contributed by atoms with van der Waals surface area (Å²) in [6.45, 7) is 0. The number of halogens is 2. The molecule has 1 N–H and O–H groups in total. The van der Waals surface area contributed by atoms with E-state index in [1.165, 1.54) is 5.56 Å². The second-order valence-electron chi connectivity index (χ2n) is 5.35. The molecule has 0 unspecified atom stereocenters. The highest BCUT2D eigenvalue weighted by molar-refractivity contribution is 7.98. The van der Waals surface area contributed by atoms with Gasteiger partial charge in [0, 0.05) is 15.7 Å². The van der Waals surface area contributed by atoms with Gasteiger partial charge in [0.1, 0.15) is 0 Å². The number of nitrogens with one attached hydrogen (secondary N) is 1. The van der Waals surface area contributed by atoms with Crippen LogP contribution in [0.5, 0.6) is 0 Å². The van der Waals surface area contributed by atoms with Crippen LogP contribution in [0.25, 0.3) is 0 Å². The molecule has 0 radical (unpaired) electrons. The third-order valence-electron chi connectivity index (χ3n) is 3.55. The third-order valence-corrected chi connectivity index (χ3v) is 5.24. The van der Waals surface area contributed by atoms with Gasteiger partial charge in [-0.15, -0.1) is 11.8 Å². The number of rotatable bonds is 5. The maximum Gasteiger partial charge on any atom is 0.256 e. The molecule has 0 atom stereocenters. The van der Waals surface area contributed by atoms with Crippen molar-refractivity contribution in [1.82, 2.24) is 0 Å². The minimum atomic E-state index is -0.194. The van der Waals surface area contributed by atoms with E-state index in [0.717, 1.165) is 10.6 Å². The summed E-state index contributed by atoms with van der Waals surface area (Å²) in [5.74, 6) is 0.604. The highest BCUT2D eigenvalue weighted by Gasteiger charge is 2.13. The molecule has 2 nitrogen and oxygen atoms in total. The lowest BCUT2D eigenvalue weighted by Gasteiger charge is -2.11. The highest BCUT2D eigenvalue weighted by atomic mass is 35.5. The molecule has 0 fully saturated rings. The van der Waals surface area contributed by atoms with Crippen molar-refractivity contribution in [2.45, 2.75) is 10.6 Å². The standard InChI is InChI=1S/C20H15Cl2NOS/c21-15-10-11-18(17(22)12-15)23-20(24)16-8-4-5-9-19(16)25-13-14-6-2-1-3-7-14/h1-12H,13H2,(H,23,24). The van der Waals surface area contributed by atoms with E-state index in [1.807, 2.05) is 42.5 Å². The maximum atomic E-state index is 12.7. The fourth-order valence-corrected chi connectivity index (χ4v) is 3.76. The fraction of sp³-hybridized carbons (Fsp3) is 0.0500. The van der Waals surface area contributed by atoms with Crippen LogP contribution in [0.2, 0.25) is 10.0 Å². The first-order valence-electron chi connectivity index (χ1n) is 7.65. The summed E-state index contributed by atoms with van der Waals surface area (Å²) in [6.07, 6.45) is 0. The molecule has 1 amide bonds. The lowest BCUT2D eigenvalue weighted by atomic mass is 10.2. The molecular weight excluding hydrogens is 373 g/mol. The zero-order valence-corrected chi connectivity index (χ0v) is 15.5. The van der Waals surface area contributed by atoms with Gasteiger partial charge in [0.05, 0.1) is 16.3 Å². The van der Waals surface area contributed by atoms with Crippen LogP contribution in [0.4, 0.5) is 5.69 Å². The third kappa shape index (κ3) is 4.79. The van der Waals surface area contributed by atoms with Gasteiger partial charge in [-0.1, -0.05) is 65.7 Å². The Balaban J connectivity index is 1.76. The van der Waals surface area contributed by atoms with Gasteiger partial charge in [-0.25, -0.2) is 0 Å². The van der Waals surface area contributed by atoms with Crippen LogP contribution < -0.4 is 5.32 Å². The Labute approximate surface area is 161 Å². The van der Waals surface area contributed by atoms with Gasteiger partial charge in [-0.05, 0) is 35.9 Å². The van der Waals surface area contributed by atoms with Crippen LogP contribution in [-0.4, -0.2) is 5.91 Å². The van der Waals surface area contributed by atoms with E-state index in [9.17, 15) is 4.79 Å². The van der Waals surface area contributed by atoms with Crippen molar-refractivity contribution in [3.05, 3.63) is 94.0 Å². The number of amides is 1. The first-order valence-corrected chi connectivity index (χ1v) is 9.40. The topological polar surface area (TPSA) is 29.1 Å². The van der Waals surface area contributed by atoms with Gasteiger partial charge in [-0.2, -0.15) is 0 Å². The molecule has 0 bridgehead atoms. The molecule has 3 aromatic rings. The minimum Gasteiger partial charge on any atom is -0.321 e. The second-order valence-corrected chi connectivity index (χ2v) is 7.21. The van der Waals surface area contributed by atoms with Crippen LogP contribution >= 0.6 is 35.0 Å². The Morgan fingerprint density at radius 1 is 0.920 bits per heavy atom. The van der Waals surface area contributed by atoms with E-state index in [2.05, 4.69) is 17.4 Å². The molecular formula is C20H15Cl2NOS. The first-order chi connectivity index (χ1) is 12.1. The van der Waals surface area contributed by atoms with Crippen LogP contribution in [0.15, 0.2) is 77.7 Å². The van der Waals surface area contributed by atoms with Gasteiger partial charge in [0.2, 0.25) is 0 Å². The van der Waals surface area contributed by atoms with Gasteiger partial charge in [0.15, 0.2) is 0 Å². The van der Waals surface area contributed by atoms with E-state index in [1.54, 1.807) is 30.0 Å². The Hall–Kier alpha value is -1.94. The molecule has 0 saturated carbocycles. The Morgan fingerprint density at radius 2 is 1.64 bits per heavy atom. The van der Waals surface area contributed by atoms with E-state index >= 15 is 0 Å². The second kappa shape index (κ2) is 8.43. The summed E-state index contributed by atoms with van der Waals surface area (Å²) in [6, 6.07) is 22.7. The zero-order chi connectivity index (χ0) is 17.6. The molecule has 0 aliphatic heterocycles. The Morgan fingerprint density at radius 3 is 2.40 bits per heavy atom. The maximum absolute atomic E-state index is 12.7. The average molecular weight is 388 g/mol. The van der Waals surface area contributed by atoms with Crippen molar-refractivity contribution in [3.63, 3.8) is 0 Å². The molecule has 0 spiro atoms. The molecule has 25 heavy (non-hydrogen) atoms. The number of anilines is 1. The van der Waals surface area contributed by atoms with Crippen molar-refractivity contribution in [1.29, 1.82) is 0 Å². The summed E-state index contributed by atoms with van der Waals surface area (Å²) in [4.78, 5) is 13.6. The lowest BCUT2D eigenvalue weighted by molar-refractivity contribution is 0.102. The molecule has 0 saturated heterocycles. The van der Waals surface area contributed by atoms with Crippen molar-refractivity contribution in [3.8, 4) is 0 Å². The normalized spacial score (nSPS) is 10.5. The van der Waals surface area contributed by atoms with Crippen molar-refractivity contribution in [2.24, 2.45) is 0 Å². The van der Waals surface area contributed by atoms with Crippen LogP contribution in [0.1, 0.15) is 15.9 Å². The summed E-state index contributed by atoms with van der Waals surface area (Å²) >= 11 is 13.7. The number of hydrogen-bond donors (Lipinski definition) is 1. The van der Waals surface area contributed by atoms with Crippen molar-refractivity contribution >= 4 is 46.6 Å².